The van der Waals surface area contributed by atoms with E-state index >= 15 is 0 Å². The van der Waals surface area contributed by atoms with Crippen LogP contribution >= 0.6 is 0 Å². The summed E-state index contributed by atoms with van der Waals surface area (Å²) in [6.45, 7) is 0.412. The van der Waals surface area contributed by atoms with Gasteiger partial charge in [-0.05, 0) is 47.6 Å². The number of hydrogen-bond acceptors (Lipinski definition) is 2. The van der Waals surface area contributed by atoms with E-state index in [9.17, 15) is 4.39 Å². The van der Waals surface area contributed by atoms with Crippen LogP contribution in [0.2, 0.25) is 0 Å². The van der Waals surface area contributed by atoms with Crippen molar-refractivity contribution in [3.05, 3.63) is 69.9 Å². The lowest BCUT2D eigenvalue weighted by molar-refractivity contribution is -0.0406. The molecule has 1 aromatic carbocycles. The van der Waals surface area contributed by atoms with Gasteiger partial charge in [0.1, 0.15) is 5.83 Å². The number of hydrogen-bond donors (Lipinski definition) is 0. The Labute approximate surface area is 134 Å². The lowest BCUT2D eigenvalue weighted by atomic mass is 9.76. The Morgan fingerprint density at radius 3 is 3.04 bits per heavy atom. The van der Waals surface area contributed by atoms with Crippen LogP contribution in [0.25, 0.3) is 10.4 Å². The van der Waals surface area contributed by atoms with E-state index in [4.69, 9.17) is 10.3 Å². The average molecular weight is 311 g/mol. The Kier molecular flexibility index (Phi) is 3.68. The third kappa shape index (κ3) is 2.56. The van der Waals surface area contributed by atoms with Gasteiger partial charge in [0.15, 0.2) is 0 Å². The van der Waals surface area contributed by atoms with Crippen LogP contribution in [0.5, 0.6) is 0 Å². The van der Waals surface area contributed by atoms with E-state index in [0.717, 1.165) is 12.8 Å². The minimum Gasteiger partial charge on any atom is -0.377 e. The summed E-state index contributed by atoms with van der Waals surface area (Å²) in [7, 11) is 0. The molecule has 2 aliphatic carbocycles. The van der Waals surface area contributed by atoms with Gasteiger partial charge >= 0.3 is 0 Å². The second kappa shape index (κ2) is 5.84. The molecule has 5 atom stereocenters. The maximum Gasteiger partial charge on any atom is 0.119 e. The molecule has 0 saturated carbocycles. The smallest absolute Gasteiger partial charge is 0.119 e. The third-order valence-corrected chi connectivity index (χ3v) is 5.26. The van der Waals surface area contributed by atoms with E-state index in [-0.39, 0.29) is 35.7 Å². The van der Waals surface area contributed by atoms with Gasteiger partial charge in [0, 0.05) is 16.7 Å². The lowest BCUT2D eigenvalue weighted by Crippen LogP contribution is -2.40. The molecule has 0 aromatic heterocycles. The zero-order valence-corrected chi connectivity index (χ0v) is 12.7. The Bertz CT molecular complexity index is 723. The van der Waals surface area contributed by atoms with Gasteiger partial charge in [-0.2, -0.15) is 0 Å². The molecule has 5 heteroatoms. The number of allylic oxidation sites excluding steroid dienone is 3. The fourth-order valence-corrected chi connectivity index (χ4v) is 4.26. The maximum absolute atomic E-state index is 13.8. The third-order valence-electron chi connectivity index (χ3n) is 5.26. The summed E-state index contributed by atoms with van der Waals surface area (Å²) in [5.74, 6) is 0.240. The van der Waals surface area contributed by atoms with Gasteiger partial charge in [-0.3, -0.25) is 0 Å². The number of nitrogens with zero attached hydrogens (tertiary/aromatic N) is 3. The number of benzene rings is 1. The summed E-state index contributed by atoms with van der Waals surface area (Å²) in [4.78, 5) is 2.93. The standard InChI is InChI=1S/C18H18FN3O/c19-13-6-5-12-7-11-3-1-2-4-15(11)17-9-14(21-22-20)10-23-18(17)16(12)8-13/h1-6,8,12,14,16-18H,7,9-10H2/t12?,14-,16?,17+,18-/m0/s1. The SMILES string of the molecule is [N-]=[N+]=N[C@@H]1CO[C@H]2C3C=C(F)C=CC3Cc3ccccc3[C@H]2C1. The van der Waals surface area contributed by atoms with Crippen LogP contribution in [0.4, 0.5) is 4.39 Å². The van der Waals surface area contributed by atoms with Crippen molar-refractivity contribution < 1.29 is 9.13 Å². The molecule has 23 heavy (non-hydrogen) atoms. The first-order valence-electron chi connectivity index (χ1n) is 8.05. The van der Waals surface area contributed by atoms with E-state index in [1.54, 1.807) is 12.2 Å². The summed E-state index contributed by atoms with van der Waals surface area (Å²) in [6.07, 6.45) is 6.84. The highest BCUT2D eigenvalue weighted by molar-refractivity contribution is 5.37. The molecule has 0 amide bonds. The van der Waals surface area contributed by atoms with E-state index in [1.807, 2.05) is 18.2 Å². The molecule has 0 radical (unpaired) electrons. The van der Waals surface area contributed by atoms with Crippen molar-refractivity contribution in [2.45, 2.75) is 30.9 Å². The summed E-state index contributed by atoms with van der Waals surface area (Å²) in [6, 6.07) is 8.21. The molecule has 0 spiro atoms. The minimum absolute atomic E-state index is 0.0319. The van der Waals surface area contributed by atoms with Gasteiger partial charge in [-0.25, -0.2) is 4.39 Å². The highest BCUT2D eigenvalue weighted by Crippen LogP contribution is 2.45. The molecule has 0 N–H and O–H groups in total. The van der Waals surface area contributed by atoms with E-state index < -0.39 is 0 Å². The largest absolute Gasteiger partial charge is 0.377 e. The fraction of sp³-hybridized carbons (Fsp3) is 0.444. The molecular formula is C18H18FN3O. The van der Waals surface area contributed by atoms with Gasteiger partial charge in [0.2, 0.25) is 0 Å². The zero-order chi connectivity index (χ0) is 15.8. The number of azide groups is 1. The second-order valence-electron chi connectivity index (χ2n) is 6.55. The first kappa shape index (κ1) is 14.5. The Morgan fingerprint density at radius 2 is 2.17 bits per heavy atom. The minimum atomic E-state index is -0.184. The van der Waals surface area contributed by atoms with E-state index in [1.165, 1.54) is 11.1 Å². The molecule has 1 fully saturated rings. The topological polar surface area (TPSA) is 58.0 Å². The predicted molar refractivity (Wildman–Crippen MR) is 85.5 cm³/mol. The molecule has 3 aliphatic rings. The molecule has 1 aliphatic heterocycles. The van der Waals surface area contributed by atoms with Crippen LogP contribution in [-0.4, -0.2) is 18.8 Å². The van der Waals surface area contributed by atoms with Crippen molar-refractivity contribution in [2.75, 3.05) is 6.61 Å². The predicted octanol–water partition coefficient (Wildman–Crippen LogP) is 4.45. The molecule has 4 rings (SSSR count). The van der Waals surface area contributed by atoms with Crippen molar-refractivity contribution in [2.24, 2.45) is 17.0 Å². The fourth-order valence-electron chi connectivity index (χ4n) is 4.26. The highest BCUT2D eigenvalue weighted by atomic mass is 19.1. The van der Waals surface area contributed by atoms with E-state index in [0.29, 0.717) is 6.61 Å². The summed E-state index contributed by atoms with van der Waals surface area (Å²) in [5, 5.41) is 3.85. The monoisotopic (exact) mass is 311 g/mol. The lowest BCUT2D eigenvalue weighted by Gasteiger charge is -2.39. The van der Waals surface area contributed by atoms with Crippen molar-refractivity contribution >= 4 is 0 Å². The normalized spacial score (nSPS) is 35.0. The molecule has 1 aromatic rings. The number of rotatable bonds is 1. The molecule has 0 bridgehead atoms. The van der Waals surface area contributed by atoms with Gasteiger partial charge in [-0.1, -0.05) is 35.5 Å². The van der Waals surface area contributed by atoms with Crippen LogP contribution in [0, 0.1) is 11.8 Å². The maximum atomic E-state index is 13.8. The van der Waals surface area contributed by atoms with Crippen molar-refractivity contribution in [1.29, 1.82) is 0 Å². The number of ether oxygens (including phenoxy) is 1. The zero-order valence-electron chi connectivity index (χ0n) is 12.7. The molecule has 118 valence electrons. The average Bonchev–Trinajstić information content (AvgIpc) is 2.70. The van der Waals surface area contributed by atoms with Gasteiger partial charge in [0.05, 0.1) is 18.8 Å². The first-order valence-corrected chi connectivity index (χ1v) is 8.05. The second-order valence-corrected chi connectivity index (χ2v) is 6.55. The van der Waals surface area contributed by atoms with Crippen LogP contribution in [0.1, 0.15) is 23.5 Å². The summed E-state index contributed by atoms with van der Waals surface area (Å²) < 4.78 is 19.9. The van der Waals surface area contributed by atoms with Crippen LogP contribution < -0.4 is 0 Å². The Hall–Kier alpha value is -2.10. The quantitative estimate of drug-likeness (QED) is 0.429. The van der Waals surface area contributed by atoms with Crippen molar-refractivity contribution in [1.82, 2.24) is 0 Å². The summed E-state index contributed by atoms with van der Waals surface area (Å²) >= 11 is 0. The Balaban J connectivity index is 1.78. The van der Waals surface area contributed by atoms with Crippen LogP contribution in [0.15, 0.2) is 53.4 Å². The molecule has 2 unspecified atom stereocenters. The van der Waals surface area contributed by atoms with Crippen LogP contribution in [-0.2, 0) is 11.2 Å². The molecular weight excluding hydrogens is 293 g/mol. The molecule has 4 nitrogen and oxygen atoms in total. The number of fused-ring (bicyclic) bond motifs is 5. The van der Waals surface area contributed by atoms with E-state index in [2.05, 4.69) is 22.2 Å². The van der Waals surface area contributed by atoms with Gasteiger partial charge in [-0.15, -0.1) is 0 Å². The Morgan fingerprint density at radius 1 is 1.30 bits per heavy atom. The van der Waals surface area contributed by atoms with Gasteiger partial charge in [0.25, 0.3) is 0 Å². The first-order chi connectivity index (χ1) is 11.3. The van der Waals surface area contributed by atoms with Crippen molar-refractivity contribution in [3.8, 4) is 0 Å². The number of halogens is 1. The molecule has 1 heterocycles. The van der Waals surface area contributed by atoms with Crippen LogP contribution in [0.3, 0.4) is 0 Å². The highest BCUT2D eigenvalue weighted by Gasteiger charge is 2.43. The van der Waals surface area contributed by atoms with Gasteiger partial charge < -0.3 is 4.74 Å². The van der Waals surface area contributed by atoms with Crippen molar-refractivity contribution in [3.63, 3.8) is 0 Å². The summed E-state index contributed by atoms with van der Waals surface area (Å²) in [5.41, 5.74) is 11.3. The molecule has 1 saturated heterocycles.